The van der Waals surface area contributed by atoms with Gasteiger partial charge in [-0.05, 0) is 43.2 Å². The predicted molar refractivity (Wildman–Crippen MR) is 97.0 cm³/mol. The van der Waals surface area contributed by atoms with Gasteiger partial charge in [-0.1, -0.05) is 25.1 Å². The van der Waals surface area contributed by atoms with Gasteiger partial charge in [0.25, 0.3) is 5.91 Å². The molecule has 0 unspecified atom stereocenters. The Morgan fingerprint density at radius 1 is 1.40 bits per heavy atom. The van der Waals surface area contributed by atoms with Crippen molar-refractivity contribution in [3.63, 3.8) is 0 Å². The summed E-state index contributed by atoms with van der Waals surface area (Å²) in [6, 6.07) is 7.65. The maximum Gasteiger partial charge on any atom is 0.255 e. The van der Waals surface area contributed by atoms with Crippen LogP contribution in [0.15, 0.2) is 36.9 Å². The van der Waals surface area contributed by atoms with Crippen LogP contribution in [0.2, 0.25) is 0 Å². The molecule has 1 aromatic carbocycles. The van der Waals surface area contributed by atoms with Crippen LogP contribution in [0.1, 0.15) is 43.0 Å². The minimum atomic E-state index is -0.437. The molecule has 1 spiro atoms. The third-order valence-corrected chi connectivity index (χ3v) is 6.41. The van der Waals surface area contributed by atoms with Crippen LogP contribution in [-0.4, -0.2) is 24.0 Å². The lowest BCUT2D eigenvalue weighted by molar-refractivity contribution is -0.139. The molecule has 25 heavy (non-hydrogen) atoms. The molecule has 4 aliphatic rings. The number of fused-ring (bicyclic) bond motifs is 3. The lowest BCUT2D eigenvalue weighted by atomic mass is 9.51. The van der Waals surface area contributed by atoms with Gasteiger partial charge in [-0.15, -0.1) is 6.58 Å². The molecule has 5 nitrogen and oxygen atoms in total. The molecular weight excluding hydrogens is 314 g/mol. The first kappa shape index (κ1) is 16.2. The van der Waals surface area contributed by atoms with E-state index >= 15 is 0 Å². The fraction of sp³-hybridized carbons (Fsp3) is 0.500. The molecule has 5 heteroatoms. The van der Waals surface area contributed by atoms with Crippen LogP contribution < -0.4 is 16.0 Å². The first-order chi connectivity index (χ1) is 12.0. The number of rotatable bonds is 3. The molecular formula is C20H25N3O2. The van der Waals surface area contributed by atoms with Crippen LogP contribution in [0, 0.1) is 17.3 Å². The zero-order valence-corrected chi connectivity index (χ0v) is 14.6. The maximum absolute atomic E-state index is 12.7. The monoisotopic (exact) mass is 339 g/mol. The number of anilines is 1. The summed E-state index contributed by atoms with van der Waals surface area (Å²) in [4.78, 5) is 25.3. The van der Waals surface area contributed by atoms with Crippen molar-refractivity contribution in [3.8, 4) is 0 Å². The molecule has 3 N–H and O–H groups in total. The number of hydrogen-bond donors (Lipinski definition) is 3. The van der Waals surface area contributed by atoms with Gasteiger partial charge in [-0.25, -0.2) is 0 Å². The summed E-state index contributed by atoms with van der Waals surface area (Å²) >= 11 is 0. The highest BCUT2D eigenvalue weighted by atomic mass is 16.2. The standard InChI is InChI=1S/C20H25N3O2/c1-3-10-21-18(25)15-11-13-8-9-19(15,2)12-20(13)22-16-7-5-4-6-14(16)17(24)23-20/h3-7,13,15,22H,1,8-12H2,2H3,(H,21,25)(H,23,24)/t13-,15-,19-,20-/m1/s1. The van der Waals surface area contributed by atoms with Crippen LogP contribution in [0.4, 0.5) is 5.69 Å². The molecule has 5 rings (SSSR count). The first-order valence-electron chi connectivity index (χ1n) is 9.06. The Morgan fingerprint density at radius 2 is 2.20 bits per heavy atom. The molecule has 0 aromatic heterocycles. The van der Waals surface area contributed by atoms with Crippen LogP contribution >= 0.6 is 0 Å². The van der Waals surface area contributed by atoms with Gasteiger partial charge in [0.2, 0.25) is 5.91 Å². The zero-order chi connectivity index (χ0) is 17.7. The van der Waals surface area contributed by atoms with Crippen molar-refractivity contribution in [2.75, 3.05) is 11.9 Å². The summed E-state index contributed by atoms with van der Waals surface area (Å²) < 4.78 is 0. The normalized spacial score (nSPS) is 35.5. The number of carbonyl (C=O) groups excluding carboxylic acids is 2. The molecule has 132 valence electrons. The lowest BCUT2D eigenvalue weighted by Crippen LogP contribution is -2.70. The highest BCUT2D eigenvalue weighted by Crippen LogP contribution is 2.58. The van der Waals surface area contributed by atoms with Gasteiger partial charge in [0.1, 0.15) is 5.66 Å². The summed E-state index contributed by atoms with van der Waals surface area (Å²) in [6.07, 6.45) is 5.33. The smallest absolute Gasteiger partial charge is 0.255 e. The molecule has 1 heterocycles. The van der Waals surface area contributed by atoms with E-state index in [-0.39, 0.29) is 29.1 Å². The fourth-order valence-electron chi connectivity index (χ4n) is 5.15. The molecule has 1 aliphatic heterocycles. The van der Waals surface area contributed by atoms with E-state index in [9.17, 15) is 9.59 Å². The third-order valence-electron chi connectivity index (χ3n) is 6.41. The molecule has 3 saturated carbocycles. The molecule has 3 aliphatic carbocycles. The van der Waals surface area contributed by atoms with Gasteiger partial charge in [-0.3, -0.25) is 9.59 Å². The average molecular weight is 339 g/mol. The van der Waals surface area contributed by atoms with Crippen molar-refractivity contribution in [1.82, 2.24) is 10.6 Å². The van der Waals surface area contributed by atoms with Crippen LogP contribution in [0.25, 0.3) is 0 Å². The Kier molecular flexibility index (Phi) is 3.63. The minimum Gasteiger partial charge on any atom is -0.362 e. The predicted octanol–water partition coefficient (Wildman–Crippen LogP) is 2.67. The van der Waals surface area contributed by atoms with E-state index in [4.69, 9.17) is 0 Å². The van der Waals surface area contributed by atoms with Gasteiger partial charge in [0.05, 0.1) is 5.56 Å². The molecule has 0 radical (unpaired) electrons. The lowest BCUT2D eigenvalue weighted by Gasteiger charge is -2.60. The molecule has 1 aromatic rings. The van der Waals surface area contributed by atoms with Crippen molar-refractivity contribution in [2.45, 2.75) is 38.3 Å². The number of para-hydroxylation sites is 1. The summed E-state index contributed by atoms with van der Waals surface area (Å²) in [5, 5.41) is 9.83. The molecule has 2 amide bonds. The van der Waals surface area contributed by atoms with E-state index in [1.807, 2.05) is 24.3 Å². The highest BCUT2D eigenvalue weighted by Gasteiger charge is 2.60. The van der Waals surface area contributed by atoms with Gasteiger partial charge in [-0.2, -0.15) is 0 Å². The van der Waals surface area contributed by atoms with E-state index < -0.39 is 5.66 Å². The second-order valence-corrected chi connectivity index (χ2v) is 7.98. The van der Waals surface area contributed by atoms with Gasteiger partial charge in [0.15, 0.2) is 0 Å². The Hall–Kier alpha value is -2.30. The topological polar surface area (TPSA) is 70.2 Å². The quantitative estimate of drug-likeness (QED) is 0.742. The molecule has 0 saturated heterocycles. The van der Waals surface area contributed by atoms with Crippen LogP contribution in [-0.2, 0) is 4.79 Å². The fourth-order valence-corrected chi connectivity index (χ4v) is 5.15. The zero-order valence-electron chi connectivity index (χ0n) is 14.6. The SMILES string of the molecule is C=CCNC(=O)[C@H]1C[C@H]2CC[C@]1(C)C[C@@]21NC(=O)c2ccccc2N1. The van der Waals surface area contributed by atoms with Crippen molar-refractivity contribution in [3.05, 3.63) is 42.5 Å². The Labute approximate surface area is 148 Å². The summed E-state index contributed by atoms with van der Waals surface area (Å²) in [5.41, 5.74) is 1.04. The average Bonchev–Trinajstić information content (AvgIpc) is 2.59. The summed E-state index contributed by atoms with van der Waals surface area (Å²) in [5.74, 6) is 0.349. The largest absolute Gasteiger partial charge is 0.362 e. The first-order valence-corrected chi connectivity index (χ1v) is 9.06. The van der Waals surface area contributed by atoms with E-state index in [1.54, 1.807) is 6.08 Å². The number of hydrogen-bond acceptors (Lipinski definition) is 3. The van der Waals surface area contributed by atoms with Crippen LogP contribution in [0.3, 0.4) is 0 Å². The van der Waals surface area contributed by atoms with Gasteiger partial charge >= 0.3 is 0 Å². The molecule has 2 bridgehead atoms. The second kappa shape index (κ2) is 5.61. The molecule has 4 atom stereocenters. The number of benzene rings is 1. The number of amides is 2. The van der Waals surface area contributed by atoms with E-state index in [0.29, 0.717) is 12.1 Å². The summed E-state index contributed by atoms with van der Waals surface area (Å²) in [6.45, 7) is 6.36. The second-order valence-electron chi connectivity index (χ2n) is 7.98. The summed E-state index contributed by atoms with van der Waals surface area (Å²) in [7, 11) is 0. The molecule has 3 fully saturated rings. The highest BCUT2D eigenvalue weighted by molar-refractivity contribution is 6.02. The van der Waals surface area contributed by atoms with Gasteiger partial charge < -0.3 is 16.0 Å². The minimum absolute atomic E-state index is 0.00676. The van der Waals surface area contributed by atoms with E-state index in [2.05, 4.69) is 29.5 Å². The number of carbonyl (C=O) groups is 2. The van der Waals surface area contributed by atoms with Gasteiger partial charge in [0, 0.05) is 24.1 Å². The van der Waals surface area contributed by atoms with E-state index in [0.717, 1.165) is 31.4 Å². The van der Waals surface area contributed by atoms with Crippen molar-refractivity contribution < 1.29 is 9.59 Å². The Morgan fingerprint density at radius 3 is 2.96 bits per heavy atom. The Bertz CT molecular complexity index is 746. The van der Waals surface area contributed by atoms with Crippen molar-refractivity contribution in [1.29, 1.82) is 0 Å². The third kappa shape index (κ3) is 2.44. The van der Waals surface area contributed by atoms with E-state index in [1.165, 1.54) is 0 Å². The Balaban J connectivity index is 1.63. The van der Waals surface area contributed by atoms with Crippen molar-refractivity contribution in [2.24, 2.45) is 17.3 Å². The van der Waals surface area contributed by atoms with Crippen molar-refractivity contribution >= 4 is 17.5 Å². The number of nitrogens with one attached hydrogen (secondary N) is 3. The van der Waals surface area contributed by atoms with Crippen LogP contribution in [0.5, 0.6) is 0 Å². The maximum atomic E-state index is 12.7.